The van der Waals surface area contributed by atoms with Crippen molar-refractivity contribution in [1.82, 2.24) is 10.2 Å². The van der Waals surface area contributed by atoms with E-state index in [1.807, 2.05) is 0 Å². The van der Waals surface area contributed by atoms with Gasteiger partial charge in [-0.15, -0.1) is 0 Å². The lowest BCUT2D eigenvalue weighted by molar-refractivity contribution is -0.142. The van der Waals surface area contributed by atoms with Gasteiger partial charge >= 0.3 is 12.0 Å². The Labute approximate surface area is 113 Å². The maximum Gasteiger partial charge on any atom is 0.326 e. The molecule has 0 aromatic carbocycles. The summed E-state index contributed by atoms with van der Waals surface area (Å²) in [6.45, 7) is 8.05. The molecule has 3 unspecified atom stereocenters. The monoisotopic (exact) mass is 272 g/mol. The van der Waals surface area contributed by atoms with E-state index >= 15 is 0 Å². The van der Waals surface area contributed by atoms with Crippen LogP contribution in [0, 0.1) is 11.3 Å². The number of carboxylic acids is 1. The van der Waals surface area contributed by atoms with Crippen LogP contribution in [-0.4, -0.2) is 52.3 Å². The molecule has 110 valence electrons. The molecule has 6 heteroatoms. The number of aliphatic carboxylic acids is 1. The number of carbonyl (C=O) groups is 2. The van der Waals surface area contributed by atoms with Crippen LogP contribution in [0.3, 0.4) is 0 Å². The molecule has 0 aromatic heterocycles. The highest BCUT2D eigenvalue weighted by Gasteiger charge is 2.36. The zero-order valence-corrected chi connectivity index (χ0v) is 12.0. The number of nitrogens with one attached hydrogen (secondary N) is 1. The first-order valence-electron chi connectivity index (χ1n) is 6.59. The molecular formula is C13H24N2O4. The van der Waals surface area contributed by atoms with E-state index in [0.717, 1.165) is 6.42 Å². The van der Waals surface area contributed by atoms with Crippen LogP contribution in [0.5, 0.6) is 0 Å². The number of carbonyl (C=O) groups excluding carboxylic acids is 1. The van der Waals surface area contributed by atoms with E-state index in [1.165, 1.54) is 0 Å². The molecule has 3 N–H and O–H groups in total. The number of rotatable bonds is 3. The number of hydrogen-bond acceptors (Lipinski definition) is 3. The third-order valence-electron chi connectivity index (χ3n) is 3.57. The van der Waals surface area contributed by atoms with Gasteiger partial charge in [0.15, 0.2) is 0 Å². The van der Waals surface area contributed by atoms with Crippen molar-refractivity contribution in [2.24, 2.45) is 11.3 Å². The second kappa shape index (κ2) is 5.77. The fourth-order valence-corrected chi connectivity index (χ4v) is 2.23. The molecule has 0 saturated carbocycles. The summed E-state index contributed by atoms with van der Waals surface area (Å²) >= 11 is 0. The second-order valence-corrected chi connectivity index (χ2v) is 6.32. The van der Waals surface area contributed by atoms with Gasteiger partial charge in [0.1, 0.15) is 6.04 Å². The number of carboxylic acid groups (broad SMARTS) is 1. The standard InChI is InChI=1S/C13H24N2O4/c1-8(16)9-5-6-15(7-9)12(19)14-10(11(17)18)13(2,3)4/h8-10,16H,5-7H2,1-4H3,(H,14,19)(H,17,18). The molecule has 0 radical (unpaired) electrons. The van der Waals surface area contributed by atoms with Crippen LogP contribution in [-0.2, 0) is 4.79 Å². The van der Waals surface area contributed by atoms with E-state index in [9.17, 15) is 14.7 Å². The zero-order chi connectivity index (χ0) is 14.8. The first-order valence-corrected chi connectivity index (χ1v) is 6.59. The summed E-state index contributed by atoms with van der Waals surface area (Å²) in [7, 11) is 0. The Kier molecular flexibility index (Phi) is 4.79. The van der Waals surface area contributed by atoms with Crippen LogP contribution in [0.1, 0.15) is 34.1 Å². The van der Waals surface area contributed by atoms with Crippen molar-refractivity contribution >= 4 is 12.0 Å². The van der Waals surface area contributed by atoms with E-state index < -0.39 is 23.5 Å². The Balaban J connectivity index is 2.62. The predicted octanol–water partition coefficient (Wildman–Crippen LogP) is 0.898. The Bertz CT molecular complexity index is 349. The summed E-state index contributed by atoms with van der Waals surface area (Å²) in [4.78, 5) is 24.8. The highest BCUT2D eigenvalue weighted by Crippen LogP contribution is 2.22. The Morgan fingerprint density at radius 2 is 1.95 bits per heavy atom. The van der Waals surface area contributed by atoms with Crippen molar-refractivity contribution in [3.05, 3.63) is 0 Å². The van der Waals surface area contributed by atoms with Crippen molar-refractivity contribution in [3.63, 3.8) is 0 Å². The zero-order valence-electron chi connectivity index (χ0n) is 12.0. The van der Waals surface area contributed by atoms with Crippen LogP contribution in [0.15, 0.2) is 0 Å². The predicted molar refractivity (Wildman–Crippen MR) is 70.8 cm³/mol. The van der Waals surface area contributed by atoms with Crippen molar-refractivity contribution in [3.8, 4) is 0 Å². The number of amides is 2. The molecule has 6 nitrogen and oxygen atoms in total. The van der Waals surface area contributed by atoms with Gasteiger partial charge in [0.25, 0.3) is 0 Å². The lowest BCUT2D eigenvalue weighted by Crippen LogP contribution is -2.53. The van der Waals surface area contributed by atoms with E-state index in [-0.39, 0.29) is 11.9 Å². The fraction of sp³-hybridized carbons (Fsp3) is 0.846. The molecule has 0 aliphatic carbocycles. The summed E-state index contributed by atoms with van der Waals surface area (Å²) in [5.74, 6) is -0.962. The van der Waals surface area contributed by atoms with Crippen LogP contribution < -0.4 is 5.32 Å². The number of urea groups is 1. The van der Waals surface area contributed by atoms with Crippen molar-refractivity contribution in [1.29, 1.82) is 0 Å². The molecular weight excluding hydrogens is 248 g/mol. The van der Waals surface area contributed by atoms with Gasteiger partial charge in [-0.1, -0.05) is 20.8 Å². The first-order chi connectivity index (χ1) is 8.62. The number of aliphatic hydroxyl groups excluding tert-OH is 1. The SMILES string of the molecule is CC(O)C1CCN(C(=O)NC(C(=O)O)C(C)(C)C)C1. The van der Waals surface area contributed by atoms with Crippen molar-refractivity contribution in [2.45, 2.75) is 46.3 Å². The summed E-state index contributed by atoms with van der Waals surface area (Å²) in [6.07, 6.45) is 0.300. The van der Waals surface area contributed by atoms with Crippen LogP contribution in [0.25, 0.3) is 0 Å². The average molecular weight is 272 g/mol. The molecule has 3 atom stereocenters. The highest BCUT2D eigenvalue weighted by atomic mass is 16.4. The van der Waals surface area contributed by atoms with Crippen LogP contribution in [0.4, 0.5) is 4.79 Å². The smallest absolute Gasteiger partial charge is 0.326 e. The molecule has 2 amide bonds. The number of likely N-dealkylation sites (tertiary alicyclic amines) is 1. The van der Waals surface area contributed by atoms with Gasteiger partial charge in [-0.2, -0.15) is 0 Å². The van der Waals surface area contributed by atoms with E-state index in [0.29, 0.717) is 13.1 Å². The minimum Gasteiger partial charge on any atom is -0.480 e. The minimum absolute atomic E-state index is 0.0728. The molecule has 1 fully saturated rings. The first kappa shape index (κ1) is 15.8. The molecule has 1 aliphatic rings. The van der Waals surface area contributed by atoms with Crippen LogP contribution in [0.2, 0.25) is 0 Å². The highest BCUT2D eigenvalue weighted by molar-refractivity contribution is 5.83. The Morgan fingerprint density at radius 3 is 2.32 bits per heavy atom. The summed E-state index contributed by atoms with van der Waals surface area (Å²) < 4.78 is 0. The largest absolute Gasteiger partial charge is 0.480 e. The third kappa shape index (κ3) is 4.09. The third-order valence-corrected chi connectivity index (χ3v) is 3.57. The summed E-state index contributed by atoms with van der Waals surface area (Å²) in [5, 5.41) is 21.2. The van der Waals surface area contributed by atoms with Gasteiger partial charge in [0.05, 0.1) is 6.10 Å². The second-order valence-electron chi connectivity index (χ2n) is 6.32. The molecule has 0 spiro atoms. The van der Waals surface area contributed by atoms with Gasteiger partial charge in [-0.25, -0.2) is 9.59 Å². The molecule has 1 aliphatic heterocycles. The lowest BCUT2D eigenvalue weighted by atomic mass is 9.87. The van der Waals surface area contributed by atoms with E-state index in [2.05, 4.69) is 5.32 Å². The van der Waals surface area contributed by atoms with E-state index in [1.54, 1.807) is 32.6 Å². The normalized spacial score (nSPS) is 23.0. The molecule has 19 heavy (non-hydrogen) atoms. The maximum atomic E-state index is 12.0. The number of hydrogen-bond donors (Lipinski definition) is 3. The Morgan fingerprint density at radius 1 is 1.37 bits per heavy atom. The van der Waals surface area contributed by atoms with Gasteiger partial charge in [0, 0.05) is 19.0 Å². The maximum absolute atomic E-state index is 12.0. The quantitative estimate of drug-likeness (QED) is 0.712. The van der Waals surface area contributed by atoms with Gasteiger partial charge in [0.2, 0.25) is 0 Å². The van der Waals surface area contributed by atoms with Crippen molar-refractivity contribution < 1.29 is 19.8 Å². The topological polar surface area (TPSA) is 89.9 Å². The number of aliphatic hydroxyl groups is 1. The summed E-state index contributed by atoms with van der Waals surface area (Å²) in [6, 6.07) is -1.30. The molecule has 0 bridgehead atoms. The molecule has 1 saturated heterocycles. The van der Waals surface area contributed by atoms with Crippen molar-refractivity contribution in [2.75, 3.05) is 13.1 Å². The minimum atomic E-state index is -1.04. The molecule has 1 heterocycles. The lowest BCUT2D eigenvalue weighted by Gasteiger charge is -2.29. The fourth-order valence-electron chi connectivity index (χ4n) is 2.23. The summed E-state index contributed by atoms with van der Waals surface area (Å²) in [5.41, 5.74) is -0.551. The molecule has 1 rings (SSSR count). The average Bonchev–Trinajstić information content (AvgIpc) is 2.72. The van der Waals surface area contributed by atoms with Gasteiger partial charge < -0.3 is 20.4 Å². The van der Waals surface area contributed by atoms with Crippen LogP contribution >= 0.6 is 0 Å². The van der Waals surface area contributed by atoms with E-state index in [4.69, 9.17) is 5.11 Å². The Hall–Kier alpha value is -1.30. The van der Waals surface area contributed by atoms with Gasteiger partial charge in [-0.3, -0.25) is 0 Å². The number of nitrogens with zero attached hydrogens (tertiary/aromatic N) is 1. The molecule has 0 aromatic rings. The van der Waals surface area contributed by atoms with Gasteiger partial charge in [-0.05, 0) is 18.8 Å².